The first-order valence-corrected chi connectivity index (χ1v) is 7.81. The third-order valence-electron chi connectivity index (χ3n) is 3.81. The van der Waals surface area contributed by atoms with Crippen molar-refractivity contribution in [3.63, 3.8) is 0 Å². The van der Waals surface area contributed by atoms with E-state index in [1.807, 2.05) is 6.07 Å². The maximum absolute atomic E-state index is 6.16. The molecule has 0 aromatic heterocycles. The maximum atomic E-state index is 6.16. The van der Waals surface area contributed by atoms with Crippen LogP contribution in [0.2, 0.25) is 5.02 Å². The minimum atomic E-state index is 0.183. The molecule has 1 aromatic carbocycles. The zero-order valence-electron chi connectivity index (χ0n) is 12.6. The summed E-state index contributed by atoms with van der Waals surface area (Å²) >= 11 is 6.16. The molecule has 1 aliphatic rings. The van der Waals surface area contributed by atoms with Crippen LogP contribution < -0.4 is 10.6 Å². The average molecular weight is 297 g/mol. The van der Waals surface area contributed by atoms with E-state index in [9.17, 15) is 0 Å². The molecular formula is C16H25ClN2O. The number of hydrogen-bond acceptors (Lipinski definition) is 3. The van der Waals surface area contributed by atoms with Gasteiger partial charge in [-0.3, -0.25) is 0 Å². The fraction of sp³-hybridized carbons (Fsp3) is 0.625. The van der Waals surface area contributed by atoms with Gasteiger partial charge in [0.25, 0.3) is 0 Å². The number of morpholine rings is 1. The van der Waals surface area contributed by atoms with Gasteiger partial charge in [0.05, 0.1) is 12.2 Å². The van der Waals surface area contributed by atoms with Crippen molar-refractivity contribution in [2.24, 2.45) is 5.73 Å². The molecule has 0 amide bonds. The Kier molecular flexibility index (Phi) is 5.30. The first kappa shape index (κ1) is 15.6. The van der Waals surface area contributed by atoms with Gasteiger partial charge in [0.15, 0.2) is 0 Å². The van der Waals surface area contributed by atoms with E-state index in [-0.39, 0.29) is 18.2 Å². The highest BCUT2D eigenvalue weighted by atomic mass is 35.5. The fourth-order valence-corrected chi connectivity index (χ4v) is 3.02. The molecule has 1 fully saturated rings. The largest absolute Gasteiger partial charge is 0.372 e. The van der Waals surface area contributed by atoms with Crippen molar-refractivity contribution in [2.45, 2.75) is 51.9 Å². The average Bonchev–Trinajstić information content (AvgIpc) is 2.37. The molecule has 1 aliphatic heterocycles. The van der Waals surface area contributed by atoms with Crippen LogP contribution in [0.25, 0.3) is 0 Å². The quantitative estimate of drug-likeness (QED) is 0.927. The minimum absolute atomic E-state index is 0.183. The van der Waals surface area contributed by atoms with Gasteiger partial charge in [-0.05, 0) is 50.5 Å². The zero-order chi connectivity index (χ0) is 14.7. The Labute approximate surface area is 127 Å². The van der Waals surface area contributed by atoms with Crippen LogP contribution in [-0.4, -0.2) is 31.3 Å². The summed E-state index contributed by atoms with van der Waals surface area (Å²) < 4.78 is 5.81. The Hall–Kier alpha value is -0.770. The normalized spacial score (nSPS) is 24.8. The molecule has 20 heavy (non-hydrogen) atoms. The van der Waals surface area contributed by atoms with Gasteiger partial charge in [-0.15, -0.1) is 0 Å². The van der Waals surface area contributed by atoms with E-state index >= 15 is 0 Å². The van der Waals surface area contributed by atoms with Crippen molar-refractivity contribution in [3.8, 4) is 0 Å². The van der Waals surface area contributed by atoms with Crippen LogP contribution in [0.3, 0.4) is 0 Å². The second-order valence-corrected chi connectivity index (χ2v) is 6.24. The molecule has 0 saturated carbocycles. The maximum Gasteiger partial charge on any atom is 0.0726 e. The third kappa shape index (κ3) is 3.87. The monoisotopic (exact) mass is 296 g/mol. The molecule has 0 spiro atoms. The molecule has 1 aromatic rings. The van der Waals surface area contributed by atoms with Crippen molar-refractivity contribution in [2.75, 3.05) is 18.0 Å². The van der Waals surface area contributed by atoms with Gasteiger partial charge in [-0.2, -0.15) is 0 Å². The number of benzene rings is 1. The van der Waals surface area contributed by atoms with Crippen LogP contribution in [-0.2, 0) is 11.2 Å². The van der Waals surface area contributed by atoms with Crippen LogP contribution in [0.15, 0.2) is 18.2 Å². The van der Waals surface area contributed by atoms with Crippen LogP contribution >= 0.6 is 11.6 Å². The summed E-state index contributed by atoms with van der Waals surface area (Å²) in [4.78, 5) is 2.40. The number of ether oxygens (including phenoxy) is 1. The van der Waals surface area contributed by atoms with Gasteiger partial charge in [0.2, 0.25) is 0 Å². The van der Waals surface area contributed by atoms with E-state index in [2.05, 4.69) is 37.8 Å². The van der Waals surface area contributed by atoms with E-state index in [1.54, 1.807) is 0 Å². The minimum Gasteiger partial charge on any atom is -0.372 e. The summed E-state index contributed by atoms with van der Waals surface area (Å²) in [5.41, 5.74) is 8.62. The molecule has 0 bridgehead atoms. The van der Waals surface area contributed by atoms with Crippen LogP contribution in [0, 0.1) is 0 Å². The summed E-state index contributed by atoms with van der Waals surface area (Å²) in [6.45, 7) is 8.19. The predicted octanol–water partition coefficient (Wildman–Crippen LogP) is 3.23. The Morgan fingerprint density at radius 1 is 1.35 bits per heavy atom. The van der Waals surface area contributed by atoms with Crippen molar-refractivity contribution < 1.29 is 4.74 Å². The zero-order valence-corrected chi connectivity index (χ0v) is 13.4. The summed E-state index contributed by atoms with van der Waals surface area (Å²) in [6, 6.07) is 6.31. The molecule has 1 heterocycles. The van der Waals surface area contributed by atoms with Gasteiger partial charge in [0, 0.05) is 29.8 Å². The number of halogens is 1. The molecule has 3 unspecified atom stereocenters. The number of anilines is 1. The highest BCUT2D eigenvalue weighted by molar-refractivity contribution is 6.30. The van der Waals surface area contributed by atoms with Crippen LogP contribution in [0.5, 0.6) is 0 Å². The van der Waals surface area contributed by atoms with E-state index < -0.39 is 0 Å². The van der Waals surface area contributed by atoms with Crippen molar-refractivity contribution in [1.82, 2.24) is 0 Å². The molecule has 2 N–H and O–H groups in total. The standard InChI is InChI=1S/C16H25ClN2O/c1-4-15(18)8-13-7-14(17)5-6-16(13)19-9-11(2)20-12(3)10-19/h5-7,11-12,15H,4,8-10,18H2,1-3H3. The molecule has 3 atom stereocenters. The van der Waals surface area contributed by atoms with Gasteiger partial charge in [-0.25, -0.2) is 0 Å². The second kappa shape index (κ2) is 6.79. The van der Waals surface area contributed by atoms with Crippen molar-refractivity contribution in [3.05, 3.63) is 28.8 Å². The molecule has 1 saturated heterocycles. The summed E-state index contributed by atoms with van der Waals surface area (Å²) in [6.07, 6.45) is 2.35. The highest BCUT2D eigenvalue weighted by Crippen LogP contribution is 2.28. The summed E-state index contributed by atoms with van der Waals surface area (Å²) in [5.74, 6) is 0. The fourth-order valence-electron chi connectivity index (χ4n) is 2.83. The molecular weight excluding hydrogens is 272 g/mol. The molecule has 3 nitrogen and oxygen atoms in total. The first-order chi connectivity index (χ1) is 9.49. The highest BCUT2D eigenvalue weighted by Gasteiger charge is 2.24. The predicted molar refractivity (Wildman–Crippen MR) is 85.6 cm³/mol. The van der Waals surface area contributed by atoms with E-state index in [4.69, 9.17) is 22.1 Å². The third-order valence-corrected chi connectivity index (χ3v) is 4.04. The molecule has 4 heteroatoms. The van der Waals surface area contributed by atoms with Gasteiger partial charge in [-0.1, -0.05) is 18.5 Å². The topological polar surface area (TPSA) is 38.5 Å². The van der Waals surface area contributed by atoms with Crippen LogP contribution in [0.1, 0.15) is 32.8 Å². The lowest BCUT2D eigenvalue weighted by atomic mass is 10.0. The Morgan fingerprint density at radius 3 is 2.60 bits per heavy atom. The van der Waals surface area contributed by atoms with E-state index in [0.29, 0.717) is 0 Å². The Balaban J connectivity index is 2.25. The summed E-state index contributed by atoms with van der Waals surface area (Å²) in [7, 11) is 0. The van der Waals surface area contributed by atoms with E-state index in [0.717, 1.165) is 31.0 Å². The first-order valence-electron chi connectivity index (χ1n) is 7.44. The number of nitrogens with two attached hydrogens (primary N) is 1. The molecule has 2 rings (SSSR count). The number of nitrogens with zero attached hydrogens (tertiary/aromatic N) is 1. The van der Waals surface area contributed by atoms with Crippen molar-refractivity contribution in [1.29, 1.82) is 0 Å². The lowest BCUT2D eigenvalue weighted by Crippen LogP contribution is -2.46. The lowest BCUT2D eigenvalue weighted by molar-refractivity contribution is -0.00526. The van der Waals surface area contributed by atoms with Gasteiger partial charge < -0.3 is 15.4 Å². The summed E-state index contributed by atoms with van der Waals surface area (Å²) in [5, 5.41) is 0.779. The Morgan fingerprint density at radius 2 is 2.00 bits per heavy atom. The van der Waals surface area contributed by atoms with Gasteiger partial charge in [0.1, 0.15) is 0 Å². The van der Waals surface area contributed by atoms with E-state index in [1.165, 1.54) is 11.3 Å². The SMILES string of the molecule is CCC(N)Cc1cc(Cl)ccc1N1CC(C)OC(C)C1. The van der Waals surface area contributed by atoms with Crippen LogP contribution in [0.4, 0.5) is 5.69 Å². The number of rotatable bonds is 4. The van der Waals surface area contributed by atoms with Gasteiger partial charge >= 0.3 is 0 Å². The lowest BCUT2D eigenvalue weighted by Gasteiger charge is -2.38. The molecule has 0 radical (unpaired) electrons. The Bertz CT molecular complexity index is 442. The molecule has 112 valence electrons. The number of hydrogen-bond donors (Lipinski definition) is 1. The smallest absolute Gasteiger partial charge is 0.0726 e. The molecule has 0 aliphatic carbocycles. The van der Waals surface area contributed by atoms with Crippen molar-refractivity contribution >= 4 is 17.3 Å². The second-order valence-electron chi connectivity index (χ2n) is 5.81.